The summed E-state index contributed by atoms with van der Waals surface area (Å²) in [7, 11) is 0. The molecule has 0 radical (unpaired) electrons. The summed E-state index contributed by atoms with van der Waals surface area (Å²) < 4.78 is 39.3. The first-order chi connectivity index (χ1) is 17.2. The molecule has 36 heavy (non-hydrogen) atoms. The molecule has 2 N–H and O–H groups in total. The van der Waals surface area contributed by atoms with E-state index in [1.54, 1.807) is 0 Å². The van der Waals surface area contributed by atoms with Gasteiger partial charge in [-0.1, -0.05) is 18.2 Å². The van der Waals surface area contributed by atoms with Crippen LogP contribution < -0.4 is 5.32 Å². The molecule has 8 nitrogen and oxygen atoms in total. The Morgan fingerprint density at radius 2 is 1.78 bits per heavy atom. The minimum absolute atomic E-state index is 0.412. The van der Waals surface area contributed by atoms with Crippen LogP contribution in [0.2, 0.25) is 0 Å². The van der Waals surface area contributed by atoms with E-state index in [9.17, 15) is 13.2 Å². The lowest BCUT2D eigenvalue weighted by molar-refractivity contribution is -0.192. The second-order valence-corrected chi connectivity index (χ2v) is 8.55. The number of likely N-dealkylation sites (tertiary alicyclic amines) is 1. The Bertz CT molecular complexity index is 1300. The maximum absolute atomic E-state index is 10.6. The number of benzene rings is 1. The fraction of sp³-hybridized carbons (Fsp3) is 0.320. The molecule has 5 rings (SSSR count). The van der Waals surface area contributed by atoms with Crippen molar-refractivity contribution in [2.45, 2.75) is 38.4 Å². The Labute approximate surface area is 205 Å². The van der Waals surface area contributed by atoms with E-state index in [0.29, 0.717) is 5.92 Å². The van der Waals surface area contributed by atoms with E-state index in [2.05, 4.69) is 34.5 Å². The number of hydrogen-bond donors (Lipinski definition) is 2. The smallest absolute Gasteiger partial charge is 0.475 e. The van der Waals surface area contributed by atoms with Crippen LogP contribution in [-0.2, 0) is 11.3 Å². The number of aromatic nitrogens is 3. The molecule has 0 aliphatic carbocycles. The van der Waals surface area contributed by atoms with Crippen molar-refractivity contribution in [3.05, 3.63) is 78.1 Å². The van der Waals surface area contributed by atoms with Gasteiger partial charge < -0.3 is 14.8 Å². The fourth-order valence-electron chi connectivity index (χ4n) is 3.98. The van der Waals surface area contributed by atoms with E-state index in [1.807, 2.05) is 48.0 Å². The highest BCUT2D eigenvalue weighted by atomic mass is 19.4. The van der Waals surface area contributed by atoms with Crippen LogP contribution >= 0.6 is 0 Å². The number of pyridine rings is 1. The topological polar surface area (TPSA) is 95.9 Å². The van der Waals surface area contributed by atoms with Crippen LogP contribution in [0.15, 0.2) is 65.2 Å². The van der Waals surface area contributed by atoms with E-state index in [-0.39, 0.29) is 0 Å². The highest BCUT2D eigenvalue weighted by Crippen LogP contribution is 2.27. The van der Waals surface area contributed by atoms with Gasteiger partial charge in [0.1, 0.15) is 11.5 Å². The van der Waals surface area contributed by atoms with Crippen molar-refractivity contribution in [3.63, 3.8) is 0 Å². The number of furan rings is 1. The number of carbonyl (C=O) groups is 1. The number of alkyl halides is 3. The Kier molecular flexibility index (Phi) is 7.58. The number of nitrogens with zero attached hydrogens (tertiary/aromatic N) is 4. The van der Waals surface area contributed by atoms with Gasteiger partial charge in [0.2, 0.25) is 0 Å². The van der Waals surface area contributed by atoms with Crippen LogP contribution in [-0.4, -0.2) is 49.8 Å². The molecule has 1 aliphatic rings. The monoisotopic (exact) mass is 501 g/mol. The number of aryl methyl sites for hydroxylation is 1. The van der Waals surface area contributed by atoms with Gasteiger partial charge in [0, 0.05) is 11.6 Å². The Balaban J connectivity index is 0.000000384. The number of carboxylic acids is 1. The first kappa shape index (κ1) is 25.2. The second-order valence-electron chi connectivity index (χ2n) is 8.55. The molecule has 11 heteroatoms. The van der Waals surface area contributed by atoms with Gasteiger partial charge in [-0.05, 0) is 69.3 Å². The minimum atomic E-state index is -5.08. The molecule has 1 fully saturated rings. The van der Waals surface area contributed by atoms with Crippen LogP contribution in [0.5, 0.6) is 0 Å². The van der Waals surface area contributed by atoms with E-state index in [4.69, 9.17) is 24.4 Å². The molecule has 1 aromatic carbocycles. The van der Waals surface area contributed by atoms with Gasteiger partial charge in [-0.3, -0.25) is 4.90 Å². The molecule has 190 valence electrons. The molecule has 0 unspecified atom stereocenters. The molecule has 1 aliphatic heterocycles. The van der Waals surface area contributed by atoms with Crippen molar-refractivity contribution in [1.29, 1.82) is 0 Å². The highest BCUT2D eigenvalue weighted by Gasteiger charge is 2.38. The molecule has 0 bridgehead atoms. The number of rotatable bonds is 5. The summed E-state index contributed by atoms with van der Waals surface area (Å²) in [5.74, 6) is 0.632. The van der Waals surface area contributed by atoms with Gasteiger partial charge >= 0.3 is 12.1 Å². The van der Waals surface area contributed by atoms with Crippen molar-refractivity contribution in [2.75, 3.05) is 18.4 Å². The van der Waals surface area contributed by atoms with Gasteiger partial charge in [-0.25, -0.2) is 14.3 Å². The van der Waals surface area contributed by atoms with Crippen LogP contribution in [0, 0.1) is 6.92 Å². The van der Waals surface area contributed by atoms with Crippen LogP contribution in [0.25, 0.3) is 5.65 Å². The van der Waals surface area contributed by atoms with Crippen LogP contribution in [0.3, 0.4) is 0 Å². The van der Waals surface area contributed by atoms with Crippen molar-refractivity contribution >= 4 is 23.0 Å². The molecule has 0 saturated carbocycles. The summed E-state index contributed by atoms with van der Waals surface area (Å²) in [5, 5.41) is 15.3. The fourth-order valence-corrected chi connectivity index (χ4v) is 3.98. The quantitative estimate of drug-likeness (QED) is 0.379. The lowest BCUT2D eigenvalue weighted by Gasteiger charge is -2.29. The maximum Gasteiger partial charge on any atom is 0.490 e. The summed E-state index contributed by atoms with van der Waals surface area (Å²) >= 11 is 0. The number of halogens is 3. The van der Waals surface area contributed by atoms with E-state index in [1.165, 1.54) is 0 Å². The lowest BCUT2D eigenvalue weighted by atomic mass is 9.96. The molecule has 1 saturated heterocycles. The Hall–Kier alpha value is -3.86. The summed E-state index contributed by atoms with van der Waals surface area (Å²) in [6.07, 6.45) is -0.926. The average Bonchev–Trinajstić information content (AvgIpc) is 3.45. The third-order valence-corrected chi connectivity index (χ3v) is 5.78. The molecule has 4 heterocycles. The number of para-hydroxylation sites is 1. The van der Waals surface area contributed by atoms with Gasteiger partial charge in [-0.2, -0.15) is 18.3 Å². The predicted molar refractivity (Wildman–Crippen MR) is 127 cm³/mol. The zero-order chi connectivity index (χ0) is 25.7. The first-order valence-corrected chi connectivity index (χ1v) is 11.4. The molecule has 0 atom stereocenters. The van der Waals surface area contributed by atoms with E-state index >= 15 is 0 Å². The Morgan fingerprint density at radius 3 is 2.39 bits per heavy atom. The van der Waals surface area contributed by atoms with Crippen LogP contribution in [0.4, 0.5) is 24.5 Å². The van der Waals surface area contributed by atoms with Crippen molar-refractivity contribution in [2.24, 2.45) is 0 Å². The summed E-state index contributed by atoms with van der Waals surface area (Å²) in [5.41, 5.74) is 2.96. The first-order valence-electron chi connectivity index (χ1n) is 11.4. The summed E-state index contributed by atoms with van der Waals surface area (Å²) in [4.78, 5) is 16.1. The molecule has 0 spiro atoms. The van der Waals surface area contributed by atoms with Crippen molar-refractivity contribution in [3.8, 4) is 0 Å². The molecule has 3 aromatic heterocycles. The third kappa shape index (κ3) is 6.63. The predicted octanol–water partition coefficient (Wildman–Crippen LogP) is 5.39. The van der Waals surface area contributed by atoms with Gasteiger partial charge in [0.15, 0.2) is 11.5 Å². The normalized spacial score (nSPS) is 14.9. The average molecular weight is 502 g/mol. The second kappa shape index (κ2) is 10.8. The zero-order valence-corrected chi connectivity index (χ0v) is 19.6. The molecule has 0 amide bonds. The molecular formula is C25H26F3N5O3. The van der Waals surface area contributed by atoms with Gasteiger partial charge in [-0.15, -0.1) is 0 Å². The van der Waals surface area contributed by atoms with Crippen LogP contribution in [0.1, 0.15) is 36.1 Å². The number of anilines is 2. The summed E-state index contributed by atoms with van der Waals surface area (Å²) in [6.45, 7) is 4.96. The van der Waals surface area contributed by atoms with E-state index < -0.39 is 12.1 Å². The number of nitrogens with one attached hydrogen (secondary N) is 1. The number of carboxylic acid groups (broad SMARTS) is 1. The number of hydrogen-bond acceptors (Lipinski definition) is 6. The standard InChI is InChI=1S/C23H25N5O.C2HF3O2/c1-17-7-9-21(29-17)16-27-13-11-18(12-14-27)23-25-22-10-8-20(15-28(22)26-23)24-19-5-3-2-4-6-19;3-2(4,5)1(6)7/h2-10,15,18,24H,11-14,16H2,1H3;(H,6,7). The van der Waals surface area contributed by atoms with Gasteiger partial charge in [0.05, 0.1) is 18.4 Å². The maximum atomic E-state index is 10.6. The lowest BCUT2D eigenvalue weighted by Crippen LogP contribution is -2.32. The van der Waals surface area contributed by atoms with Crippen molar-refractivity contribution < 1.29 is 27.5 Å². The molecular weight excluding hydrogens is 475 g/mol. The largest absolute Gasteiger partial charge is 0.490 e. The number of piperidine rings is 1. The highest BCUT2D eigenvalue weighted by molar-refractivity contribution is 5.73. The van der Waals surface area contributed by atoms with Gasteiger partial charge in [0.25, 0.3) is 0 Å². The minimum Gasteiger partial charge on any atom is -0.475 e. The third-order valence-electron chi connectivity index (χ3n) is 5.78. The number of fused-ring (bicyclic) bond motifs is 1. The summed E-state index contributed by atoms with van der Waals surface area (Å²) in [6, 6.07) is 18.3. The van der Waals surface area contributed by atoms with Crippen molar-refractivity contribution in [1.82, 2.24) is 19.5 Å². The molecule has 4 aromatic rings. The zero-order valence-electron chi connectivity index (χ0n) is 19.6. The number of aliphatic carboxylic acids is 1. The SMILES string of the molecule is Cc1ccc(CN2CCC(c3nc4ccc(Nc5ccccc5)cn4n3)CC2)o1.O=C(O)C(F)(F)F. The van der Waals surface area contributed by atoms with E-state index in [0.717, 1.165) is 66.8 Å². The Morgan fingerprint density at radius 1 is 1.08 bits per heavy atom.